The van der Waals surface area contributed by atoms with E-state index in [-0.39, 0.29) is 22.8 Å². The van der Waals surface area contributed by atoms with Gasteiger partial charge in [0.1, 0.15) is 34.6 Å². The van der Waals surface area contributed by atoms with Crippen LogP contribution in [0.2, 0.25) is 0 Å². The zero-order valence-corrected chi connectivity index (χ0v) is 18.8. The van der Waals surface area contributed by atoms with Gasteiger partial charge in [-0.2, -0.15) is 15.8 Å². The van der Waals surface area contributed by atoms with Gasteiger partial charge in [-0.25, -0.2) is 4.79 Å². The van der Waals surface area contributed by atoms with E-state index in [0.29, 0.717) is 16.3 Å². The topological polar surface area (TPSA) is 119 Å². The number of ether oxygens (including phenoxy) is 2. The first-order valence-corrected chi connectivity index (χ1v) is 10.6. The molecule has 0 fully saturated rings. The number of nitrogens with zero attached hydrogens (tertiary/aromatic N) is 3. The molecule has 0 radical (unpaired) electrons. The second-order valence-corrected chi connectivity index (χ2v) is 7.25. The number of hydrogen-bond acceptors (Lipinski definition) is 8. The van der Waals surface area contributed by atoms with Crippen LogP contribution in [-0.4, -0.2) is 19.7 Å². The average molecular weight is 457 g/mol. The lowest BCUT2D eigenvalue weighted by Gasteiger charge is -2.15. The fourth-order valence-electron chi connectivity index (χ4n) is 2.50. The van der Waals surface area contributed by atoms with E-state index in [1.54, 1.807) is 44.4 Å². The van der Waals surface area contributed by atoms with Crippen LogP contribution < -0.4 is 10.1 Å². The number of allylic oxidation sites excluding steroid dienone is 3. The van der Waals surface area contributed by atoms with E-state index in [0.717, 1.165) is 17.3 Å². The normalized spacial score (nSPS) is 11.1. The van der Waals surface area contributed by atoms with Crippen molar-refractivity contribution >= 4 is 28.3 Å². The van der Waals surface area contributed by atoms with Gasteiger partial charge in [0.05, 0.1) is 13.7 Å². The van der Waals surface area contributed by atoms with Gasteiger partial charge in [-0.3, -0.25) is 0 Å². The summed E-state index contributed by atoms with van der Waals surface area (Å²) in [6, 6.07) is 21.7. The number of methoxy groups -OCH3 is 1. The summed E-state index contributed by atoms with van der Waals surface area (Å²) in [6.45, 7) is 1.77. The average Bonchev–Trinajstić information content (AvgIpc) is 2.85. The maximum atomic E-state index is 12.5. The monoisotopic (exact) mass is 456 g/mol. The molecule has 2 rings (SSSR count). The van der Waals surface area contributed by atoms with Crippen LogP contribution in [0.25, 0.3) is 4.91 Å². The Morgan fingerprint density at radius 1 is 1.00 bits per heavy atom. The molecule has 0 unspecified atom stereocenters. The molecule has 0 bridgehead atoms. The summed E-state index contributed by atoms with van der Waals surface area (Å²) in [7, 11) is 1.55. The van der Waals surface area contributed by atoms with E-state index in [1.165, 1.54) is 6.08 Å². The number of esters is 1. The van der Waals surface area contributed by atoms with Crippen LogP contribution in [0, 0.1) is 34.0 Å². The first kappa shape index (κ1) is 24.8. The van der Waals surface area contributed by atoms with Gasteiger partial charge in [-0.1, -0.05) is 42.1 Å². The number of hydrogen-bond donors (Lipinski definition) is 1. The molecule has 0 spiro atoms. The number of carbonyl (C=O) groups excluding carboxylic acids is 1. The van der Waals surface area contributed by atoms with Crippen LogP contribution in [0.1, 0.15) is 12.5 Å². The van der Waals surface area contributed by atoms with Crippen molar-refractivity contribution in [1.82, 2.24) is 0 Å². The van der Waals surface area contributed by atoms with E-state index in [9.17, 15) is 10.1 Å². The van der Waals surface area contributed by atoms with Crippen molar-refractivity contribution in [3.05, 3.63) is 88.5 Å². The number of nitrogens with one attached hydrogen (secondary N) is 1. The predicted molar refractivity (Wildman–Crippen MR) is 127 cm³/mol. The second kappa shape index (κ2) is 13.1. The fraction of sp³-hybridized carbons (Fsp3) is 0.120. The molecule has 2 aromatic carbocycles. The van der Waals surface area contributed by atoms with Gasteiger partial charge >= 0.3 is 5.97 Å². The molecule has 0 atom stereocenters. The molecule has 2 aromatic rings. The van der Waals surface area contributed by atoms with Crippen molar-refractivity contribution < 1.29 is 14.3 Å². The molecule has 8 heteroatoms. The second-order valence-electron chi connectivity index (χ2n) is 6.19. The van der Waals surface area contributed by atoms with Gasteiger partial charge in [0.15, 0.2) is 5.57 Å². The predicted octanol–water partition coefficient (Wildman–Crippen LogP) is 5.15. The third kappa shape index (κ3) is 7.33. The Bertz CT molecular complexity index is 1180. The molecule has 7 nitrogen and oxygen atoms in total. The van der Waals surface area contributed by atoms with Gasteiger partial charge in [0.25, 0.3) is 0 Å². The van der Waals surface area contributed by atoms with Crippen molar-refractivity contribution in [1.29, 1.82) is 15.8 Å². The molecule has 0 amide bonds. The zero-order chi connectivity index (χ0) is 24.1. The lowest BCUT2D eigenvalue weighted by molar-refractivity contribution is -0.138. The Morgan fingerprint density at radius 2 is 1.67 bits per heavy atom. The number of carbonyl (C=O) groups is 1. The van der Waals surface area contributed by atoms with Crippen molar-refractivity contribution in [3.8, 4) is 24.0 Å². The molecule has 33 heavy (non-hydrogen) atoms. The van der Waals surface area contributed by atoms with Crippen molar-refractivity contribution in [2.45, 2.75) is 6.92 Å². The van der Waals surface area contributed by atoms with Crippen LogP contribution >= 0.6 is 11.8 Å². The maximum absolute atomic E-state index is 12.5. The van der Waals surface area contributed by atoms with E-state index in [1.807, 2.05) is 48.5 Å². The van der Waals surface area contributed by atoms with E-state index in [4.69, 9.17) is 20.0 Å². The molecular weight excluding hydrogens is 436 g/mol. The minimum atomic E-state index is -0.763. The highest BCUT2D eigenvalue weighted by molar-refractivity contribution is 8.11. The Hall–Kier alpha value is -4.45. The number of anilines is 1. The molecule has 0 saturated heterocycles. The number of thioether (sulfide) groups is 1. The van der Waals surface area contributed by atoms with Crippen molar-refractivity contribution in [2.24, 2.45) is 0 Å². The smallest absolute Gasteiger partial charge is 0.351 e. The molecule has 1 N–H and O–H groups in total. The van der Waals surface area contributed by atoms with Crippen LogP contribution in [-0.2, 0) is 9.53 Å². The quantitative estimate of drug-likeness (QED) is 0.238. The SMILES string of the molecule is CCOC(=O)C(C#N)=C(Nc1ccc(OC)cc1)SC(=CC=C(C#N)C#N)c1ccccc1. The molecule has 0 aliphatic heterocycles. The van der Waals surface area contributed by atoms with Crippen molar-refractivity contribution in [3.63, 3.8) is 0 Å². The standard InChI is InChI=1S/C25H20N4O3S/c1-3-32-25(30)22(17-28)24(29-20-10-12-21(31-2)13-11-20)33-23(14-9-18(15-26)16-27)19-7-5-4-6-8-19/h4-14,29H,3H2,1-2H3. The molecule has 0 aliphatic rings. The molecule has 164 valence electrons. The zero-order valence-electron chi connectivity index (χ0n) is 18.0. The largest absolute Gasteiger partial charge is 0.497 e. The Kier molecular flexibility index (Phi) is 9.83. The Morgan fingerprint density at radius 3 is 2.21 bits per heavy atom. The summed E-state index contributed by atoms with van der Waals surface area (Å²) in [5.74, 6) is -0.110. The fourth-order valence-corrected chi connectivity index (χ4v) is 3.51. The summed E-state index contributed by atoms with van der Waals surface area (Å²) in [5, 5.41) is 31.2. The van der Waals surface area contributed by atoms with Gasteiger partial charge in [-0.15, -0.1) is 0 Å². The molecule has 0 aliphatic carbocycles. The minimum absolute atomic E-state index is 0.0800. The minimum Gasteiger partial charge on any atom is -0.497 e. The van der Waals surface area contributed by atoms with Gasteiger partial charge in [0.2, 0.25) is 0 Å². The summed E-state index contributed by atoms with van der Waals surface area (Å²) in [4.78, 5) is 13.1. The van der Waals surface area contributed by atoms with Crippen LogP contribution in [0.5, 0.6) is 5.75 Å². The summed E-state index contributed by atoms with van der Waals surface area (Å²) in [6.07, 6.45) is 2.98. The Labute approximate surface area is 196 Å². The summed E-state index contributed by atoms with van der Waals surface area (Å²) in [5.41, 5.74) is 1.10. The van der Waals surface area contributed by atoms with E-state index >= 15 is 0 Å². The van der Waals surface area contributed by atoms with Gasteiger partial charge in [0, 0.05) is 10.6 Å². The van der Waals surface area contributed by atoms with E-state index < -0.39 is 5.97 Å². The third-order valence-electron chi connectivity index (χ3n) is 4.08. The summed E-state index contributed by atoms with van der Waals surface area (Å²) >= 11 is 1.11. The number of rotatable bonds is 9. The first-order chi connectivity index (χ1) is 16.1. The molecule has 0 heterocycles. The highest BCUT2D eigenvalue weighted by atomic mass is 32.2. The van der Waals surface area contributed by atoms with Crippen LogP contribution in [0.3, 0.4) is 0 Å². The molecule has 0 aromatic heterocycles. The van der Waals surface area contributed by atoms with Crippen molar-refractivity contribution in [2.75, 3.05) is 19.0 Å². The highest BCUT2D eigenvalue weighted by Gasteiger charge is 2.20. The van der Waals surface area contributed by atoms with Gasteiger partial charge in [-0.05, 0) is 48.9 Å². The molecular formula is C25H20N4O3S. The number of nitriles is 3. The highest BCUT2D eigenvalue weighted by Crippen LogP contribution is 2.36. The first-order valence-electron chi connectivity index (χ1n) is 9.74. The molecule has 0 saturated carbocycles. The Balaban J connectivity index is 2.59. The summed E-state index contributed by atoms with van der Waals surface area (Å²) < 4.78 is 10.2. The van der Waals surface area contributed by atoms with Crippen LogP contribution in [0.4, 0.5) is 5.69 Å². The lowest BCUT2D eigenvalue weighted by Crippen LogP contribution is -2.12. The third-order valence-corrected chi connectivity index (χ3v) is 5.18. The van der Waals surface area contributed by atoms with Gasteiger partial charge < -0.3 is 14.8 Å². The van der Waals surface area contributed by atoms with E-state index in [2.05, 4.69) is 5.32 Å². The maximum Gasteiger partial charge on any atom is 0.351 e. The number of benzene rings is 2. The van der Waals surface area contributed by atoms with Crippen LogP contribution in [0.15, 0.2) is 82.9 Å². The lowest BCUT2D eigenvalue weighted by atomic mass is 10.2.